The van der Waals surface area contributed by atoms with Gasteiger partial charge in [0.15, 0.2) is 0 Å². The van der Waals surface area contributed by atoms with Gasteiger partial charge < -0.3 is 24.7 Å². The van der Waals surface area contributed by atoms with Gasteiger partial charge in [-0.15, -0.1) is 0 Å². The Kier molecular flexibility index (Phi) is 11.2. The van der Waals surface area contributed by atoms with Crippen molar-refractivity contribution in [3.05, 3.63) is 57.9 Å². The summed E-state index contributed by atoms with van der Waals surface area (Å²) in [6.45, 7) is 11.9. The van der Waals surface area contributed by atoms with Crippen molar-refractivity contribution in [3.8, 4) is 17.1 Å². The molecular formula is C31H40Cl2N6O4. The van der Waals surface area contributed by atoms with Crippen LogP contribution in [0.2, 0.25) is 10.0 Å². The first-order valence-corrected chi connectivity index (χ1v) is 15.1. The number of likely N-dealkylation sites (tertiary alicyclic amines) is 1. The molecular weight excluding hydrogens is 591 g/mol. The molecule has 0 saturated carbocycles. The van der Waals surface area contributed by atoms with E-state index < -0.39 is 11.6 Å². The van der Waals surface area contributed by atoms with Gasteiger partial charge in [0.1, 0.15) is 5.76 Å². The van der Waals surface area contributed by atoms with E-state index in [0.29, 0.717) is 59.5 Å². The van der Waals surface area contributed by atoms with Gasteiger partial charge in [-0.05, 0) is 89.3 Å². The van der Waals surface area contributed by atoms with E-state index in [4.69, 9.17) is 38.0 Å². The number of aromatic nitrogens is 1. The average molecular weight is 632 g/mol. The van der Waals surface area contributed by atoms with E-state index in [-0.39, 0.29) is 12.3 Å². The van der Waals surface area contributed by atoms with Crippen LogP contribution in [0.4, 0.5) is 0 Å². The molecule has 2 aromatic rings. The molecule has 0 aliphatic carbocycles. The van der Waals surface area contributed by atoms with E-state index in [0.717, 1.165) is 43.6 Å². The molecule has 4 rings (SSSR count). The number of allylic oxidation sites excluding steroid dienone is 1. The summed E-state index contributed by atoms with van der Waals surface area (Å²) in [4.78, 5) is 30.8. The lowest BCUT2D eigenvalue weighted by Crippen LogP contribution is -2.45. The molecule has 12 heteroatoms. The van der Waals surface area contributed by atoms with Crippen LogP contribution in [0, 0.1) is 5.92 Å². The molecule has 232 valence electrons. The van der Waals surface area contributed by atoms with Crippen molar-refractivity contribution < 1.29 is 19.7 Å². The maximum atomic E-state index is 11.1. The van der Waals surface area contributed by atoms with Crippen LogP contribution in [0.1, 0.15) is 38.7 Å². The number of carboxylic acid groups (broad SMARTS) is 1. The first-order valence-electron chi connectivity index (χ1n) is 14.4. The zero-order valence-corrected chi connectivity index (χ0v) is 26.5. The second-order valence-electron chi connectivity index (χ2n) is 11.8. The standard InChI is InChI=1S/C31H40Cl2N6O4/c1-21(17-35-30(34-3)39-10-9-37(4)19-31(2,42)20-39)43-28-12-23(18-38-7-5-22(6-8-38)13-29(40)41)11-27(36-28)24-14-25(32)16-26(33)15-24/h11-12,14-17,22,42H,3,5-10,13,18-20H2,1-2,4H3,(H,40,41)/b21-17+,35-30?. The number of hydrogen-bond donors (Lipinski definition) is 2. The van der Waals surface area contributed by atoms with Gasteiger partial charge in [0.2, 0.25) is 11.8 Å². The Morgan fingerprint density at radius 1 is 1.14 bits per heavy atom. The number of piperidine rings is 1. The molecule has 2 fully saturated rings. The average Bonchev–Trinajstić information content (AvgIpc) is 3.05. The molecule has 2 N–H and O–H groups in total. The van der Waals surface area contributed by atoms with Crippen LogP contribution in [0.25, 0.3) is 11.3 Å². The third kappa shape index (κ3) is 10.0. The van der Waals surface area contributed by atoms with Gasteiger partial charge in [-0.1, -0.05) is 23.2 Å². The zero-order valence-electron chi connectivity index (χ0n) is 25.0. The van der Waals surface area contributed by atoms with Gasteiger partial charge in [-0.2, -0.15) is 0 Å². The molecule has 0 radical (unpaired) electrons. The van der Waals surface area contributed by atoms with Gasteiger partial charge in [0.05, 0.1) is 24.0 Å². The Balaban J connectivity index is 1.56. The summed E-state index contributed by atoms with van der Waals surface area (Å²) in [5, 5.41) is 20.9. The Morgan fingerprint density at radius 3 is 2.49 bits per heavy atom. The lowest BCUT2D eigenvalue weighted by Gasteiger charge is -2.31. The fraction of sp³-hybridized carbons (Fsp3) is 0.484. The smallest absolute Gasteiger partial charge is 0.303 e. The fourth-order valence-electron chi connectivity index (χ4n) is 5.63. The van der Waals surface area contributed by atoms with Crippen molar-refractivity contribution in [1.29, 1.82) is 0 Å². The van der Waals surface area contributed by atoms with Crippen molar-refractivity contribution in [3.63, 3.8) is 0 Å². The fourth-order valence-corrected chi connectivity index (χ4v) is 6.16. The number of β-amino-alcohol motifs (C(OH)–C–C–N with tert-alkyl or cyclic N) is 1. The van der Waals surface area contributed by atoms with Gasteiger partial charge in [0, 0.05) is 54.3 Å². The van der Waals surface area contributed by atoms with Crippen molar-refractivity contribution in [2.75, 3.05) is 46.3 Å². The number of benzene rings is 1. The summed E-state index contributed by atoms with van der Waals surface area (Å²) in [6, 6.07) is 9.19. The maximum Gasteiger partial charge on any atom is 0.303 e. The van der Waals surface area contributed by atoms with Gasteiger partial charge in [0.25, 0.3) is 0 Å². The van der Waals surface area contributed by atoms with Crippen LogP contribution in [-0.4, -0.2) is 100 Å². The highest BCUT2D eigenvalue weighted by Gasteiger charge is 2.30. The minimum Gasteiger partial charge on any atom is -0.481 e. The van der Waals surface area contributed by atoms with Crippen LogP contribution in [-0.2, 0) is 11.3 Å². The van der Waals surface area contributed by atoms with Crippen molar-refractivity contribution in [1.82, 2.24) is 19.7 Å². The predicted molar refractivity (Wildman–Crippen MR) is 171 cm³/mol. The third-order valence-corrected chi connectivity index (χ3v) is 7.98. The number of carbonyl (C=O) groups is 1. The van der Waals surface area contributed by atoms with Crippen LogP contribution in [0.5, 0.6) is 5.88 Å². The summed E-state index contributed by atoms with van der Waals surface area (Å²) >= 11 is 12.6. The first-order chi connectivity index (χ1) is 20.4. The summed E-state index contributed by atoms with van der Waals surface area (Å²) in [5.74, 6) is 0.753. The Morgan fingerprint density at radius 2 is 1.84 bits per heavy atom. The van der Waals surface area contributed by atoms with Crippen LogP contribution in [0.3, 0.4) is 0 Å². The van der Waals surface area contributed by atoms with Crippen molar-refractivity contribution >= 4 is 41.8 Å². The summed E-state index contributed by atoms with van der Waals surface area (Å²) in [6.07, 6.45) is 3.48. The Hall–Kier alpha value is -3.02. The number of ether oxygens (including phenoxy) is 1. The molecule has 10 nitrogen and oxygen atoms in total. The Bertz CT molecular complexity index is 1350. The molecule has 1 atom stereocenters. The van der Waals surface area contributed by atoms with Gasteiger partial charge >= 0.3 is 5.97 Å². The van der Waals surface area contributed by atoms with Crippen LogP contribution in [0.15, 0.2) is 52.3 Å². The molecule has 0 bridgehead atoms. The molecule has 2 saturated heterocycles. The SMILES string of the molecule is C=NC(=N/C=C(\C)Oc1cc(CN2CCC(CC(=O)O)CC2)cc(-c2cc(Cl)cc(Cl)c2)n1)N1CCN(C)CC(C)(O)C1. The van der Waals surface area contributed by atoms with Gasteiger partial charge in [-0.3, -0.25) is 9.69 Å². The van der Waals surface area contributed by atoms with Gasteiger partial charge in [-0.25, -0.2) is 15.0 Å². The van der Waals surface area contributed by atoms with E-state index >= 15 is 0 Å². The number of hydrogen-bond acceptors (Lipinski definition) is 7. The second-order valence-corrected chi connectivity index (χ2v) is 12.6. The van der Waals surface area contributed by atoms with E-state index in [2.05, 4.69) is 26.5 Å². The highest BCUT2D eigenvalue weighted by molar-refractivity contribution is 6.35. The first kappa shape index (κ1) is 32.9. The number of carboxylic acids is 1. The molecule has 0 amide bonds. The minimum absolute atomic E-state index is 0.207. The van der Waals surface area contributed by atoms with Crippen molar-refractivity contribution in [2.24, 2.45) is 15.9 Å². The number of aliphatic imine (C=N–C) groups is 2. The molecule has 2 aliphatic heterocycles. The second kappa shape index (κ2) is 14.6. The van der Waals surface area contributed by atoms with E-state index in [1.54, 1.807) is 26.1 Å². The van der Waals surface area contributed by atoms with Crippen LogP contribution < -0.4 is 4.74 Å². The minimum atomic E-state index is -0.915. The number of pyridine rings is 1. The normalized spacial score (nSPS) is 21.5. The van der Waals surface area contributed by atoms with E-state index in [1.165, 1.54) is 0 Å². The maximum absolute atomic E-state index is 11.1. The predicted octanol–water partition coefficient (Wildman–Crippen LogP) is 5.04. The molecule has 1 aromatic carbocycles. The molecule has 3 heterocycles. The largest absolute Gasteiger partial charge is 0.481 e. The monoisotopic (exact) mass is 630 g/mol. The number of likely N-dealkylation sites (N-methyl/N-ethyl adjacent to an activating group) is 1. The molecule has 0 spiro atoms. The number of rotatable bonds is 8. The lowest BCUT2D eigenvalue weighted by molar-refractivity contribution is -0.138. The molecule has 1 aromatic heterocycles. The zero-order chi connectivity index (χ0) is 31.1. The number of aliphatic hydroxyl groups is 1. The molecule has 1 unspecified atom stereocenters. The highest BCUT2D eigenvalue weighted by Crippen LogP contribution is 2.30. The number of aliphatic carboxylic acids is 1. The molecule has 2 aliphatic rings. The number of guanidine groups is 1. The summed E-state index contributed by atoms with van der Waals surface area (Å²) < 4.78 is 6.15. The highest BCUT2D eigenvalue weighted by atomic mass is 35.5. The lowest BCUT2D eigenvalue weighted by atomic mass is 9.93. The Labute approximate surface area is 263 Å². The van der Waals surface area contributed by atoms with Crippen LogP contribution >= 0.6 is 23.2 Å². The number of nitrogens with zero attached hydrogens (tertiary/aromatic N) is 6. The quantitative estimate of drug-likeness (QED) is 0.237. The summed E-state index contributed by atoms with van der Waals surface area (Å²) in [7, 11) is 1.97. The summed E-state index contributed by atoms with van der Waals surface area (Å²) in [5.41, 5.74) is 1.51. The third-order valence-electron chi connectivity index (χ3n) is 7.54. The molecule has 43 heavy (non-hydrogen) atoms. The van der Waals surface area contributed by atoms with Crippen molar-refractivity contribution in [2.45, 2.75) is 45.3 Å². The number of halogens is 2. The van der Waals surface area contributed by atoms with E-state index in [9.17, 15) is 9.90 Å². The van der Waals surface area contributed by atoms with E-state index in [1.807, 2.05) is 36.2 Å². The topological polar surface area (TPSA) is 114 Å².